The second-order valence-corrected chi connectivity index (χ2v) is 5.14. The predicted molar refractivity (Wildman–Crippen MR) is 68.8 cm³/mol. The summed E-state index contributed by atoms with van der Waals surface area (Å²) in [5.41, 5.74) is 0.242. The highest BCUT2D eigenvalue weighted by Gasteiger charge is 2.16. The van der Waals surface area contributed by atoms with Gasteiger partial charge in [-0.1, -0.05) is 32.4 Å². The summed E-state index contributed by atoms with van der Waals surface area (Å²) in [7, 11) is 0. The number of carboxylic acids is 1. The molecular formula is C12H17ClN2O2. The molecule has 0 bridgehead atoms. The highest BCUT2D eigenvalue weighted by Crippen LogP contribution is 2.24. The molecule has 0 fully saturated rings. The molecule has 0 amide bonds. The third-order valence-electron chi connectivity index (χ3n) is 2.78. The van der Waals surface area contributed by atoms with E-state index < -0.39 is 5.97 Å². The van der Waals surface area contributed by atoms with E-state index in [9.17, 15) is 4.79 Å². The van der Waals surface area contributed by atoms with Crippen molar-refractivity contribution in [1.82, 2.24) is 4.98 Å². The largest absolute Gasteiger partial charge is 0.478 e. The number of nitrogens with zero attached hydrogens (tertiary/aromatic N) is 1. The molecule has 0 aliphatic heterocycles. The fourth-order valence-corrected chi connectivity index (χ4v) is 1.37. The summed E-state index contributed by atoms with van der Waals surface area (Å²) in [6.45, 7) is 7.13. The van der Waals surface area contributed by atoms with Crippen LogP contribution in [0.2, 0.25) is 5.02 Å². The molecule has 1 rings (SSSR count). The molecular weight excluding hydrogens is 240 g/mol. The van der Waals surface area contributed by atoms with Crippen LogP contribution >= 0.6 is 11.6 Å². The van der Waals surface area contributed by atoms with Gasteiger partial charge in [0.2, 0.25) is 0 Å². The van der Waals surface area contributed by atoms with Crippen LogP contribution in [0.5, 0.6) is 0 Å². The highest BCUT2D eigenvalue weighted by molar-refractivity contribution is 6.33. The third-order valence-corrected chi connectivity index (χ3v) is 3.07. The standard InChI is InChI=1S/C12H17ClN2O2/c1-4-12(2,3)7-15-10-9(13)5-8(6-14-10)11(16)17/h5-6H,4,7H2,1-3H3,(H,14,15)(H,16,17). The number of rotatable bonds is 5. The quantitative estimate of drug-likeness (QED) is 0.849. The summed E-state index contributed by atoms with van der Waals surface area (Å²) >= 11 is 5.96. The van der Waals surface area contributed by atoms with E-state index in [2.05, 4.69) is 31.1 Å². The van der Waals surface area contributed by atoms with Gasteiger partial charge in [-0.2, -0.15) is 0 Å². The first-order valence-electron chi connectivity index (χ1n) is 5.48. The Morgan fingerprint density at radius 2 is 2.24 bits per heavy atom. The number of halogens is 1. The molecule has 0 spiro atoms. The molecule has 1 aromatic heterocycles. The molecule has 0 unspecified atom stereocenters. The average Bonchev–Trinajstić information content (AvgIpc) is 2.27. The number of hydrogen-bond acceptors (Lipinski definition) is 3. The van der Waals surface area contributed by atoms with E-state index in [0.717, 1.165) is 13.0 Å². The molecule has 2 N–H and O–H groups in total. The minimum atomic E-state index is -1.03. The van der Waals surface area contributed by atoms with E-state index in [4.69, 9.17) is 16.7 Å². The van der Waals surface area contributed by atoms with Crippen LogP contribution in [0, 0.1) is 5.41 Å². The van der Waals surface area contributed by atoms with Crippen molar-refractivity contribution in [3.63, 3.8) is 0 Å². The van der Waals surface area contributed by atoms with Gasteiger partial charge in [0, 0.05) is 12.7 Å². The maximum atomic E-state index is 10.7. The lowest BCUT2D eigenvalue weighted by atomic mass is 9.90. The number of aromatic nitrogens is 1. The smallest absolute Gasteiger partial charge is 0.337 e. The van der Waals surface area contributed by atoms with Crippen LogP contribution in [0.25, 0.3) is 0 Å². The van der Waals surface area contributed by atoms with Crippen LogP contribution in [-0.4, -0.2) is 22.6 Å². The molecule has 94 valence electrons. The van der Waals surface area contributed by atoms with Crippen molar-refractivity contribution in [2.75, 3.05) is 11.9 Å². The summed E-state index contributed by atoms with van der Waals surface area (Å²) in [5, 5.41) is 12.2. The van der Waals surface area contributed by atoms with E-state index in [0.29, 0.717) is 10.8 Å². The zero-order chi connectivity index (χ0) is 13.1. The van der Waals surface area contributed by atoms with Crippen molar-refractivity contribution in [2.24, 2.45) is 5.41 Å². The van der Waals surface area contributed by atoms with Crippen molar-refractivity contribution in [1.29, 1.82) is 0 Å². The SMILES string of the molecule is CCC(C)(C)CNc1ncc(C(=O)O)cc1Cl. The van der Waals surface area contributed by atoms with Crippen molar-refractivity contribution in [2.45, 2.75) is 27.2 Å². The van der Waals surface area contributed by atoms with Crippen LogP contribution in [0.1, 0.15) is 37.6 Å². The van der Waals surface area contributed by atoms with Crippen molar-refractivity contribution < 1.29 is 9.90 Å². The molecule has 0 atom stereocenters. The third kappa shape index (κ3) is 3.89. The van der Waals surface area contributed by atoms with Gasteiger partial charge in [-0.25, -0.2) is 9.78 Å². The zero-order valence-corrected chi connectivity index (χ0v) is 11.0. The van der Waals surface area contributed by atoms with E-state index in [1.54, 1.807) is 0 Å². The van der Waals surface area contributed by atoms with Gasteiger partial charge in [0.15, 0.2) is 0 Å². The first-order valence-corrected chi connectivity index (χ1v) is 5.86. The number of nitrogens with one attached hydrogen (secondary N) is 1. The topological polar surface area (TPSA) is 62.2 Å². The van der Waals surface area contributed by atoms with E-state index in [-0.39, 0.29) is 11.0 Å². The summed E-state index contributed by atoms with van der Waals surface area (Å²) in [4.78, 5) is 14.7. The predicted octanol–water partition coefficient (Wildman–Crippen LogP) is 3.28. The minimum Gasteiger partial charge on any atom is -0.478 e. The lowest BCUT2D eigenvalue weighted by Crippen LogP contribution is -2.22. The Balaban J connectivity index is 2.77. The van der Waals surface area contributed by atoms with Crippen LogP contribution < -0.4 is 5.32 Å². The molecule has 0 saturated heterocycles. The molecule has 1 heterocycles. The Bertz CT molecular complexity index is 419. The summed E-state index contributed by atoms with van der Waals surface area (Å²) < 4.78 is 0. The van der Waals surface area contributed by atoms with Gasteiger partial charge in [0.05, 0.1) is 10.6 Å². The number of hydrogen-bond donors (Lipinski definition) is 2. The molecule has 0 saturated carbocycles. The molecule has 0 aromatic carbocycles. The highest BCUT2D eigenvalue weighted by atomic mass is 35.5. The van der Waals surface area contributed by atoms with E-state index >= 15 is 0 Å². The minimum absolute atomic E-state index is 0.0929. The molecule has 17 heavy (non-hydrogen) atoms. The number of carboxylic acid groups (broad SMARTS) is 1. The summed E-state index contributed by atoms with van der Waals surface area (Å²) in [6.07, 6.45) is 2.33. The molecule has 1 aromatic rings. The van der Waals surface area contributed by atoms with Gasteiger partial charge in [0.25, 0.3) is 0 Å². The second kappa shape index (κ2) is 5.36. The molecule has 0 aliphatic carbocycles. The van der Waals surface area contributed by atoms with Crippen LogP contribution in [0.15, 0.2) is 12.3 Å². The Hall–Kier alpha value is -1.29. The van der Waals surface area contributed by atoms with Gasteiger partial charge < -0.3 is 10.4 Å². The van der Waals surface area contributed by atoms with Gasteiger partial charge in [-0.3, -0.25) is 0 Å². The Morgan fingerprint density at radius 1 is 1.59 bits per heavy atom. The lowest BCUT2D eigenvalue weighted by molar-refractivity contribution is 0.0696. The maximum Gasteiger partial charge on any atom is 0.337 e. The first kappa shape index (κ1) is 13.8. The molecule has 5 heteroatoms. The van der Waals surface area contributed by atoms with Gasteiger partial charge in [-0.05, 0) is 17.9 Å². The number of carbonyl (C=O) groups is 1. The van der Waals surface area contributed by atoms with E-state index in [1.165, 1.54) is 12.3 Å². The summed E-state index contributed by atoms with van der Waals surface area (Å²) in [5.74, 6) is -0.502. The van der Waals surface area contributed by atoms with Crippen LogP contribution in [-0.2, 0) is 0 Å². The van der Waals surface area contributed by atoms with Crippen molar-refractivity contribution in [3.05, 3.63) is 22.8 Å². The molecule has 0 radical (unpaired) electrons. The van der Waals surface area contributed by atoms with Gasteiger partial charge in [0.1, 0.15) is 5.82 Å². The Kier molecular flexibility index (Phi) is 4.34. The lowest BCUT2D eigenvalue weighted by Gasteiger charge is -2.23. The fraction of sp³-hybridized carbons (Fsp3) is 0.500. The number of pyridine rings is 1. The van der Waals surface area contributed by atoms with Crippen molar-refractivity contribution >= 4 is 23.4 Å². The first-order chi connectivity index (χ1) is 7.85. The van der Waals surface area contributed by atoms with Crippen molar-refractivity contribution in [3.8, 4) is 0 Å². The number of anilines is 1. The summed E-state index contributed by atoms with van der Waals surface area (Å²) in [6, 6.07) is 1.40. The van der Waals surface area contributed by atoms with Crippen LogP contribution in [0.4, 0.5) is 5.82 Å². The molecule has 4 nitrogen and oxygen atoms in total. The van der Waals surface area contributed by atoms with Gasteiger partial charge >= 0.3 is 5.97 Å². The van der Waals surface area contributed by atoms with E-state index in [1.807, 2.05) is 0 Å². The second-order valence-electron chi connectivity index (χ2n) is 4.73. The van der Waals surface area contributed by atoms with Crippen LogP contribution in [0.3, 0.4) is 0 Å². The molecule has 0 aliphatic rings. The Morgan fingerprint density at radius 3 is 2.71 bits per heavy atom. The fourth-order valence-electron chi connectivity index (χ4n) is 1.13. The average molecular weight is 257 g/mol. The monoisotopic (exact) mass is 256 g/mol. The van der Waals surface area contributed by atoms with Gasteiger partial charge in [-0.15, -0.1) is 0 Å². The number of aromatic carboxylic acids is 1. The zero-order valence-electron chi connectivity index (χ0n) is 10.2. The normalized spacial score (nSPS) is 11.3. The Labute approximate surface area is 106 Å². The maximum absolute atomic E-state index is 10.7.